The van der Waals surface area contributed by atoms with Gasteiger partial charge in [0.25, 0.3) is 0 Å². The molecule has 21 heavy (non-hydrogen) atoms. The summed E-state index contributed by atoms with van der Waals surface area (Å²) < 4.78 is 1.11. The molecule has 6 heteroatoms. The molecule has 0 aliphatic carbocycles. The van der Waals surface area contributed by atoms with Crippen LogP contribution in [0.4, 0.5) is 10.5 Å². The van der Waals surface area contributed by atoms with E-state index in [1.54, 1.807) is 0 Å². The van der Waals surface area contributed by atoms with E-state index in [0.29, 0.717) is 6.54 Å². The van der Waals surface area contributed by atoms with Crippen LogP contribution in [0.2, 0.25) is 0 Å². The Bertz CT molecular complexity index is 472. The number of para-hydroxylation sites is 1. The fourth-order valence-electron chi connectivity index (χ4n) is 2.36. The van der Waals surface area contributed by atoms with E-state index >= 15 is 0 Å². The molecule has 0 atom stereocenters. The van der Waals surface area contributed by atoms with Gasteiger partial charge in [0.1, 0.15) is 0 Å². The number of benzene rings is 1. The van der Waals surface area contributed by atoms with Gasteiger partial charge in [-0.25, -0.2) is 4.79 Å². The van der Waals surface area contributed by atoms with Crippen molar-refractivity contribution in [2.24, 2.45) is 0 Å². The lowest BCUT2D eigenvalue weighted by atomic mass is 10.2. The molecule has 0 bridgehead atoms. The maximum absolute atomic E-state index is 12.1. The highest BCUT2D eigenvalue weighted by Crippen LogP contribution is 2.26. The Morgan fingerprint density at radius 3 is 2.52 bits per heavy atom. The van der Waals surface area contributed by atoms with Gasteiger partial charge >= 0.3 is 6.03 Å². The summed E-state index contributed by atoms with van der Waals surface area (Å²) in [6.45, 7) is 4.80. The molecular formula is C15H23BrN4O. The van der Waals surface area contributed by atoms with Gasteiger partial charge in [-0.05, 0) is 42.2 Å². The molecule has 2 amide bonds. The highest BCUT2D eigenvalue weighted by molar-refractivity contribution is 9.10. The highest BCUT2D eigenvalue weighted by Gasteiger charge is 2.21. The van der Waals surface area contributed by atoms with Gasteiger partial charge in [0.05, 0.1) is 5.69 Å². The average molecular weight is 355 g/mol. The largest absolute Gasteiger partial charge is 0.367 e. The van der Waals surface area contributed by atoms with E-state index in [1.165, 1.54) is 5.69 Å². The van der Waals surface area contributed by atoms with Crippen LogP contribution < -0.4 is 10.2 Å². The molecule has 0 radical (unpaired) electrons. The Kier molecular flexibility index (Phi) is 5.87. The summed E-state index contributed by atoms with van der Waals surface area (Å²) in [5, 5.41) is 2.97. The predicted molar refractivity (Wildman–Crippen MR) is 89.9 cm³/mol. The first-order chi connectivity index (χ1) is 10.1. The number of urea groups is 1. The number of carbonyl (C=O) groups is 1. The summed E-state index contributed by atoms with van der Waals surface area (Å²) in [4.78, 5) is 18.3. The summed E-state index contributed by atoms with van der Waals surface area (Å²) in [6.07, 6.45) is 0. The van der Waals surface area contributed by atoms with Gasteiger partial charge in [-0.15, -0.1) is 0 Å². The number of hydrogen-bond acceptors (Lipinski definition) is 3. The Balaban J connectivity index is 1.80. The molecule has 5 nitrogen and oxygen atoms in total. The number of nitrogens with zero attached hydrogens (tertiary/aromatic N) is 3. The van der Waals surface area contributed by atoms with E-state index in [0.717, 1.165) is 37.2 Å². The van der Waals surface area contributed by atoms with Crippen LogP contribution in [0.25, 0.3) is 0 Å². The van der Waals surface area contributed by atoms with Crippen LogP contribution in [-0.2, 0) is 0 Å². The molecule has 1 aliphatic rings. The van der Waals surface area contributed by atoms with Crippen LogP contribution in [0.5, 0.6) is 0 Å². The van der Waals surface area contributed by atoms with Crippen molar-refractivity contribution in [2.75, 3.05) is 58.3 Å². The first kappa shape index (κ1) is 16.1. The molecule has 0 saturated carbocycles. The van der Waals surface area contributed by atoms with E-state index in [4.69, 9.17) is 0 Å². The number of nitrogens with one attached hydrogen (secondary N) is 1. The molecule has 1 aromatic carbocycles. The first-order valence-electron chi connectivity index (χ1n) is 7.25. The Labute approximate surface area is 135 Å². The smallest absolute Gasteiger partial charge is 0.317 e. The first-order valence-corrected chi connectivity index (χ1v) is 8.04. The minimum atomic E-state index is 0.0450. The van der Waals surface area contributed by atoms with Crippen LogP contribution in [0.3, 0.4) is 0 Å². The fourth-order valence-corrected chi connectivity index (χ4v) is 2.89. The molecular weight excluding hydrogens is 332 g/mol. The number of halogens is 1. The van der Waals surface area contributed by atoms with Gasteiger partial charge < -0.3 is 20.0 Å². The lowest BCUT2D eigenvalue weighted by Gasteiger charge is -2.36. The number of hydrogen-bond donors (Lipinski definition) is 1. The summed E-state index contributed by atoms with van der Waals surface area (Å²) in [6, 6.07) is 8.26. The van der Waals surface area contributed by atoms with E-state index in [2.05, 4.69) is 43.2 Å². The second-order valence-corrected chi connectivity index (χ2v) is 6.32. The SMILES string of the molecule is CN(C)CCNC(=O)N1CCN(c2ccccc2Br)CC1. The standard InChI is InChI=1S/C15H23BrN4O/c1-18(2)8-7-17-15(21)20-11-9-19(10-12-20)14-6-4-3-5-13(14)16/h3-6H,7-12H2,1-2H3,(H,17,21). The van der Waals surface area contributed by atoms with Gasteiger partial charge in [-0.1, -0.05) is 12.1 Å². The zero-order valence-corrected chi connectivity index (χ0v) is 14.3. The normalized spacial score (nSPS) is 15.4. The van der Waals surface area contributed by atoms with Crippen LogP contribution in [0, 0.1) is 0 Å². The third-order valence-corrected chi connectivity index (χ3v) is 4.27. The van der Waals surface area contributed by atoms with Crippen molar-refractivity contribution in [3.63, 3.8) is 0 Å². The van der Waals surface area contributed by atoms with Crippen LogP contribution in [-0.4, -0.2) is 69.2 Å². The molecule has 1 aliphatic heterocycles. The fraction of sp³-hybridized carbons (Fsp3) is 0.533. The van der Waals surface area contributed by atoms with E-state index in [9.17, 15) is 4.79 Å². The molecule has 1 fully saturated rings. The van der Waals surface area contributed by atoms with Crippen LogP contribution in [0.15, 0.2) is 28.7 Å². The van der Waals surface area contributed by atoms with Gasteiger partial charge in [-0.2, -0.15) is 0 Å². The molecule has 0 spiro atoms. The van der Waals surface area contributed by atoms with E-state index < -0.39 is 0 Å². The zero-order valence-electron chi connectivity index (χ0n) is 12.7. The number of rotatable bonds is 4. The highest BCUT2D eigenvalue weighted by atomic mass is 79.9. The van der Waals surface area contributed by atoms with Gasteiger partial charge in [0.15, 0.2) is 0 Å². The molecule has 1 N–H and O–H groups in total. The molecule has 1 aromatic rings. The lowest BCUT2D eigenvalue weighted by Crippen LogP contribution is -2.52. The van der Waals surface area contributed by atoms with E-state index in [-0.39, 0.29) is 6.03 Å². The second-order valence-electron chi connectivity index (χ2n) is 5.46. The monoisotopic (exact) mass is 354 g/mol. The van der Waals surface area contributed by atoms with Gasteiger partial charge in [-0.3, -0.25) is 0 Å². The summed E-state index contributed by atoms with van der Waals surface area (Å²) >= 11 is 3.58. The summed E-state index contributed by atoms with van der Waals surface area (Å²) in [7, 11) is 4.01. The van der Waals surface area contributed by atoms with Gasteiger partial charge in [0.2, 0.25) is 0 Å². The summed E-state index contributed by atoms with van der Waals surface area (Å²) in [5.41, 5.74) is 1.20. The Hall–Kier alpha value is -1.27. The number of likely N-dealkylation sites (N-methyl/N-ethyl adjacent to an activating group) is 1. The lowest BCUT2D eigenvalue weighted by molar-refractivity contribution is 0.193. The molecule has 0 aromatic heterocycles. The van der Waals surface area contributed by atoms with Crippen LogP contribution in [0.1, 0.15) is 0 Å². The second kappa shape index (κ2) is 7.66. The maximum atomic E-state index is 12.1. The van der Waals surface area contributed by atoms with Crippen molar-refractivity contribution in [1.82, 2.24) is 15.1 Å². The van der Waals surface area contributed by atoms with Crippen molar-refractivity contribution in [3.05, 3.63) is 28.7 Å². The Morgan fingerprint density at radius 2 is 1.90 bits per heavy atom. The van der Waals surface area contributed by atoms with Gasteiger partial charge in [0, 0.05) is 43.7 Å². The van der Waals surface area contributed by atoms with E-state index in [1.807, 2.05) is 31.1 Å². The minimum absolute atomic E-state index is 0.0450. The number of carbonyl (C=O) groups excluding carboxylic acids is 1. The number of amides is 2. The molecule has 1 heterocycles. The van der Waals surface area contributed by atoms with Crippen LogP contribution >= 0.6 is 15.9 Å². The summed E-state index contributed by atoms with van der Waals surface area (Å²) in [5.74, 6) is 0. The molecule has 2 rings (SSSR count). The maximum Gasteiger partial charge on any atom is 0.317 e. The average Bonchev–Trinajstić information content (AvgIpc) is 2.47. The number of anilines is 1. The predicted octanol–water partition coefficient (Wildman–Crippen LogP) is 1.84. The molecule has 1 saturated heterocycles. The van der Waals surface area contributed by atoms with Crippen molar-refractivity contribution >= 4 is 27.6 Å². The van der Waals surface area contributed by atoms with Crippen molar-refractivity contribution in [2.45, 2.75) is 0 Å². The third kappa shape index (κ3) is 4.61. The topological polar surface area (TPSA) is 38.8 Å². The molecule has 0 unspecified atom stereocenters. The Morgan fingerprint density at radius 1 is 1.24 bits per heavy atom. The van der Waals surface area contributed by atoms with Crippen molar-refractivity contribution in [1.29, 1.82) is 0 Å². The molecule has 116 valence electrons. The minimum Gasteiger partial charge on any atom is -0.367 e. The van der Waals surface area contributed by atoms with Crippen molar-refractivity contribution in [3.8, 4) is 0 Å². The quantitative estimate of drug-likeness (QED) is 0.896. The zero-order chi connectivity index (χ0) is 15.2. The van der Waals surface area contributed by atoms with Crippen molar-refractivity contribution < 1.29 is 4.79 Å². The number of piperazine rings is 1. The third-order valence-electron chi connectivity index (χ3n) is 3.60.